The number of carbonyl (C=O) groups is 1. The van der Waals surface area contributed by atoms with Gasteiger partial charge in [0.2, 0.25) is 5.82 Å². The van der Waals surface area contributed by atoms with Crippen LogP contribution in [0, 0.1) is 0 Å². The van der Waals surface area contributed by atoms with Gasteiger partial charge in [-0.3, -0.25) is 4.40 Å². The Labute approximate surface area is 92.3 Å². The maximum Gasteiger partial charge on any atom is 0.372 e. The van der Waals surface area contributed by atoms with Crippen molar-refractivity contribution in [3.05, 3.63) is 33.8 Å². The van der Waals surface area contributed by atoms with E-state index in [0.29, 0.717) is 5.52 Å². The molecule has 0 aliphatic carbocycles. The Bertz CT molecular complexity index is 523. The highest BCUT2D eigenvalue weighted by Gasteiger charge is 2.14. The van der Waals surface area contributed by atoms with Crippen molar-refractivity contribution in [2.75, 3.05) is 0 Å². The van der Waals surface area contributed by atoms with Crippen LogP contribution in [0.1, 0.15) is 10.6 Å². The lowest BCUT2D eigenvalue weighted by Gasteiger charge is -1.96. The Morgan fingerprint density at radius 3 is 2.93 bits per heavy atom. The van der Waals surface area contributed by atoms with Gasteiger partial charge in [0.1, 0.15) is 0 Å². The van der Waals surface area contributed by atoms with Crippen LogP contribution < -0.4 is 0 Å². The summed E-state index contributed by atoms with van der Waals surface area (Å²) in [5.74, 6) is -1.20. The van der Waals surface area contributed by atoms with Crippen LogP contribution in [-0.2, 0) is 0 Å². The van der Waals surface area contributed by atoms with Gasteiger partial charge in [-0.25, -0.2) is 9.78 Å². The lowest BCUT2D eigenvalue weighted by atomic mass is 10.4. The van der Waals surface area contributed by atoms with Crippen molar-refractivity contribution < 1.29 is 9.90 Å². The first kappa shape index (κ1) is 9.48. The van der Waals surface area contributed by atoms with Crippen molar-refractivity contribution in [3.63, 3.8) is 0 Å². The number of halogens is 2. The van der Waals surface area contributed by atoms with Crippen LogP contribution in [0.2, 0.25) is 5.15 Å². The molecule has 0 atom stereocenters. The third kappa shape index (κ3) is 1.38. The predicted molar refractivity (Wildman–Crippen MR) is 54.9 cm³/mol. The number of rotatable bonds is 1. The summed E-state index contributed by atoms with van der Waals surface area (Å²) in [7, 11) is 0. The smallest absolute Gasteiger partial charge is 0.372 e. The average Bonchev–Trinajstić information content (AvgIpc) is 2.43. The molecule has 0 aliphatic rings. The third-order valence-corrected chi connectivity index (χ3v) is 2.49. The molecule has 2 aromatic heterocycles. The Kier molecular flexibility index (Phi) is 2.20. The Morgan fingerprint density at radius 1 is 1.57 bits per heavy atom. The minimum Gasteiger partial charge on any atom is -0.475 e. The van der Waals surface area contributed by atoms with E-state index in [1.807, 2.05) is 0 Å². The first-order valence-corrected chi connectivity index (χ1v) is 4.83. The predicted octanol–water partition coefficient (Wildman–Crippen LogP) is 2.45. The number of hydrogen-bond donors (Lipinski definition) is 1. The van der Waals surface area contributed by atoms with E-state index in [0.717, 1.165) is 4.47 Å². The molecule has 0 aromatic carbocycles. The molecule has 0 spiro atoms. The summed E-state index contributed by atoms with van der Waals surface area (Å²) in [6.45, 7) is 0. The molecule has 0 bridgehead atoms. The number of imidazole rings is 1. The number of pyridine rings is 1. The van der Waals surface area contributed by atoms with Crippen LogP contribution in [0.4, 0.5) is 0 Å². The minimum atomic E-state index is -1.11. The van der Waals surface area contributed by atoms with Gasteiger partial charge in [0.15, 0.2) is 5.15 Å². The maximum atomic E-state index is 10.8. The summed E-state index contributed by atoms with van der Waals surface area (Å²) >= 11 is 9.00. The molecule has 0 saturated heterocycles. The summed E-state index contributed by atoms with van der Waals surface area (Å²) in [6, 6.07) is 3.47. The lowest BCUT2D eigenvalue weighted by Crippen LogP contribution is -2.03. The number of carboxylic acids is 1. The average molecular weight is 275 g/mol. The normalized spacial score (nSPS) is 10.7. The number of fused-ring (bicyclic) bond motifs is 1. The van der Waals surface area contributed by atoms with Crippen LogP contribution in [0.5, 0.6) is 0 Å². The van der Waals surface area contributed by atoms with E-state index in [1.54, 1.807) is 18.3 Å². The molecular weight excluding hydrogens is 271 g/mol. The third-order valence-electron chi connectivity index (χ3n) is 1.75. The van der Waals surface area contributed by atoms with Gasteiger partial charge in [0, 0.05) is 10.7 Å². The second-order valence-corrected chi connectivity index (χ2v) is 3.91. The summed E-state index contributed by atoms with van der Waals surface area (Å²) in [5, 5.41) is 9.02. The Morgan fingerprint density at radius 2 is 2.29 bits per heavy atom. The van der Waals surface area contributed by atoms with E-state index >= 15 is 0 Å². The van der Waals surface area contributed by atoms with Crippen molar-refractivity contribution >= 4 is 39.0 Å². The summed E-state index contributed by atoms with van der Waals surface area (Å²) < 4.78 is 2.19. The molecule has 0 amide bonds. The first-order chi connectivity index (χ1) is 6.59. The van der Waals surface area contributed by atoms with Crippen LogP contribution in [0.25, 0.3) is 5.52 Å². The summed E-state index contributed by atoms with van der Waals surface area (Å²) in [5.41, 5.74) is 0.576. The highest BCUT2D eigenvalue weighted by molar-refractivity contribution is 9.10. The fraction of sp³-hybridized carbons (Fsp3) is 0. The highest BCUT2D eigenvalue weighted by Crippen LogP contribution is 2.21. The van der Waals surface area contributed by atoms with Crippen molar-refractivity contribution in [2.24, 2.45) is 0 Å². The highest BCUT2D eigenvalue weighted by atomic mass is 79.9. The zero-order valence-corrected chi connectivity index (χ0v) is 9.08. The van der Waals surface area contributed by atoms with E-state index in [-0.39, 0.29) is 11.0 Å². The van der Waals surface area contributed by atoms with Gasteiger partial charge in [-0.1, -0.05) is 11.6 Å². The number of aromatic carboxylic acids is 1. The molecule has 0 aliphatic heterocycles. The van der Waals surface area contributed by atoms with Crippen LogP contribution >= 0.6 is 27.5 Å². The molecule has 2 aromatic rings. The number of aromatic nitrogens is 2. The molecule has 0 fully saturated rings. The van der Waals surface area contributed by atoms with E-state index in [4.69, 9.17) is 16.7 Å². The topological polar surface area (TPSA) is 54.6 Å². The minimum absolute atomic E-state index is 0.0914. The molecule has 2 rings (SSSR count). The fourth-order valence-electron chi connectivity index (χ4n) is 1.17. The van der Waals surface area contributed by atoms with Gasteiger partial charge in [-0.15, -0.1) is 0 Å². The van der Waals surface area contributed by atoms with Crippen molar-refractivity contribution in [1.29, 1.82) is 0 Å². The largest absolute Gasteiger partial charge is 0.475 e. The van der Waals surface area contributed by atoms with Crippen molar-refractivity contribution in [2.45, 2.75) is 0 Å². The van der Waals surface area contributed by atoms with Gasteiger partial charge in [0.05, 0.1) is 5.52 Å². The van der Waals surface area contributed by atoms with Crippen LogP contribution in [0.3, 0.4) is 0 Å². The Hall–Kier alpha value is -1.07. The molecule has 14 heavy (non-hydrogen) atoms. The summed E-state index contributed by atoms with van der Waals surface area (Å²) in [4.78, 5) is 14.5. The molecule has 6 heteroatoms. The number of nitrogens with zero attached hydrogens (tertiary/aromatic N) is 2. The van der Waals surface area contributed by atoms with E-state index in [9.17, 15) is 4.79 Å². The van der Waals surface area contributed by atoms with E-state index < -0.39 is 5.97 Å². The molecule has 4 nitrogen and oxygen atoms in total. The quantitative estimate of drug-likeness (QED) is 0.870. The molecule has 0 saturated carbocycles. The fourth-order valence-corrected chi connectivity index (χ4v) is 1.74. The van der Waals surface area contributed by atoms with Gasteiger partial charge in [0.25, 0.3) is 0 Å². The second kappa shape index (κ2) is 3.25. The zero-order valence-electron chi connectivity index (χ0n) is 6.74. The molecule has 0 radical (unpaired) electrons. The van der Waals surface area contributed by atoms with Crippen molar-refractivity contribution in [1.82, 2.24) is 9.38 Å². The van der Waals surface area contributed by atoms with E-state index in [2.05, 4.69) is 20.9 Å². The molecule has 1 N–H and O–H groups in total. The second-order valence-electron chi connectivity index (χ2n) is 2.63. The molecular formula is C8H4BrClN2O2. The molecule has 72 valence electrons. The van der Waals surface area contributed by atoms with Gasteiger partial charge in [-0.05, 0) is 28.1 Å². The van der Waals surface area contributed by atoms with Crippen LogP contribution in [0.15, 0.2) is 22.8 Å². The van der Waals surface area contributed by atoms with Crippen molar-refractivity contribution in [3.8, 4) is 0 Å². The maximum absolute atomic E-state index is 10.8. The molecule has 2 heterocycles. The van der Waals surface area contributed by atoms with Gasteiger partial charge in [-0.2, -0.15) is 0 Å². The lowest BCUT2D eigenvalue weighted by molar-refractivity contribution is 0.0683. The SMILES string of the molecule is O=C(O)c1nc(Cl)c2ccc(Br)cn12. The number of hydrogen-bond acceptors (Lipinski definition) is 2. The Balaban J connectivity index is 2.85. The van der Waals surface area contributed by atoms with Gasteiger partial charge < -0.3 is 5.11 Å². The monoisotopic (exact) mass is 274 g/mol. The molecule has 0 unspecified atom stereocenters. The van der Waals surface area contributed by atoms with Gasteiger partial charge >= 0.3 is 5.97 Å². The zero-order chi connectivity index (χ0) is 10.3. The van der Waals surface area contributed by atoms with E-state index in [1.165, 1.54) is 4.40 Å². The van der Waals surface area contributed by atoms with Crippen LogP contribution in [-0.4, -0.2) is 20.5 Å². The number of carboxylic acid groups (broad SMARTS) is 1. The standard InChI is InChI=1S/C8H4BrClN2O2/c9-4-1-2-5-6(10)11-7(8(13)14)12(5)3-4/h1-3H,(H,13,14). The first-order valence-electron chi connectivity index (χ1n) is 3.66. The summed E-state index contributed by atoms with van der Waals surface area (Å²) in [6.07, 6.45) is 1.61.